The van der Waals surface area contributed by atoms with Crippen LogP contribution in [0, 0.1) is 0 Å². The molecule has 0 aromatic heterocycles. The van der Waals surface area contributed by atoms with Crippen molar-refractivity contribution in [3.05, 3.63) is 109 Å². The second-order valence-electron chi connectivity index (χ2n) is 27.1. The summed E-state index contributed by atoms with van der Waals surface area (Å²) in [7, 11) is 0. The topological polar surface area (TPSA) is 228 Å². The van der Waals surface area contributed by atoms with Gasteiger partial charge >= 0.3 is 0 Å². The zero-order chi connectivity index (χ0) is 69.4. The highest BCUT2D eigenvalue weighted by molar-refractivity contribution is 5.76. The minimum absolute atomic E-state index is 0.208. The van der Waals surface area contributed by atoms with Gasteiger partial charge < -0.3 is 65.1 Å². The maximum atomic E-state index is 13.4. The van der Waals surface area contributed by atoms with Gasteiger partial charge in [0.1, 0.15) is 48.8 Å². The van der Waals surface area contributed by atoms with Gasteiger partial charge in [-0.05, 0) is 83.5 Å². The summed E-state index contributed by atoms with van der Waals surface area (Å²) in [4.78, 5) is 13.4. The van der Waals surface area contributed by atoms with E-state index in [1.165, 1.54) is 167 Å². The van der Waals surface area contributed by atoms with Crippen molar-refractivity contribution in [2.24, 2.45) is 0 Å². The van der Waals surface area contributed by atoms with Crippen molar-refractivity contribution >= 4 is 5.91 Å². The summed E-state index contributed by atoms with van der Waals surface area (Å²) in [5, 5.41) is 87.8. The van der Waals surface area contributed by atoms with Crippen molar-refractivity contribution in [2.75, 3.05) is 19.8 Å². The lowest BCUT2D eigenvalue weighted by atomic mass is 9.97. The Morgan fingerprint density at radius 2 is 0.719 bits per heavy atom. The maximum absolute atomic E-state index is 13.4. The molecule has 2 heterocycles. The second-order valence-corrected chi connectivity index (χ2v) is 27.1. The third-order valence-electron chi connectivity index (χ3n) is 18.5. The molecular formula is C82H143NO13. The monoisotopic (exact) mass is 1350 g/mol. The first-order chi connectivity index (χ1) is 47.1. The third-order valence-corrected chi connectivity index (χ3v) is 18.5. The third kappa shape index (κ3) is 47.7. The van der Waals surface area contributed by atoms with Gasteiger partial charge in [-0.15, -0.1) is 0 Å². The van der Waals surface area contributed by atoms with Gasteiger partial charge in [-0.1, -0.05) is 329 Å². The zero-order valence-corrected chi connectivity index (χ0v) is 60.6. The number of amides is 1. The Bertz CT molecular complexity index is 2030. The molecule has 12 atom stereocenters. The lowest BCUT2D eigenvalue weighted by Crippen LogP contribution is -2.65. The summed E-state index contributed by atoms with van der Waals surface area (Å²) < 4.78 is 23.0. The van der Waals surface area contributed by atoms with Crippen LogP contribution in [0.15, 0.2) is 109 Å². The summed E-state index contributed by atoms with van der Waals surface area (Å²) >= 11 is 0. The van der Waals surface area contributed by atoms with Gasteiger partial charge in [0.05, 0.1) is 32.0 Å². The van der Waals surface area contributed by atoms with Gasteiger partial charge in [0.25, 0.3) is 0 Å². The molecule has 2 rings (SSSR count). The van der Waals surface area contributed by atoms with E-state index in [2.05, 4.69) is 129 Å². The molecule has 12 unspecified atom stereocenters. The number of nitrogens with one attached hydrogen (secondary N) is 1. The Balaban J connectivity index is 1.60. The molecule has 0 saturated carbocycles. The predicted octanol–water partition coefficient (Wildman–Crippen LogP) is 17.5. The molecule has 0 aromatic rings. The molecule has 1 amide bonds. The van der Waals surface area contributed by atoms with Crippen molar-refractivity contribution in [3.63, 3.8) is 0 Å². The molecule has 0 radical (unpaired) electrons. The van der Waals surface area contributed by atoms with E-state index in [-0.39, 0.29) is 12.5 Å². The fourth-order valence-electron chi connectivity index (χ4n) is 12.4. The van der Waals surface area contributed by atoms with Crippen molar-refractivity contribution in [3.8, 4) is 0 Å². The van der Waals surface area contributed by atoms with E-state index in [9.17, 15) is 45.6 Å². The number of hydrogen-bond acceptors (Lipinski definition) is 13. The first kappa shape index (κ1) is 88.7. The molecule has 2 saturated heterocycles. The van der Waals surface area contributed by atoms with Crippen molar-refractivity contribution in [2.45, 2.75) is 383 Å². The number of carbonyl (C=O) groups is 1. The van der Waals surface area contributed by atoms with Crippen LogP contribution < -0.4 is 5.32 Å². The molecule has 14 nitrogen and oxygen atoms in total. The van der Waals surface area contributed by atoms with Crippen LogP contribution in [0.4, 0.5) is 0 Å². The molecule has 9 N–H and O–H groups in total. The summed E-state index contributed by atoms with van der Waals surface area (Å²) in [6.45, 7) is 2.78. The van der Waals surface area contributed by atoms with E-state index in [0.717, 1.165) is 116 Å². The number of aliphatic hydroxyl groups is 8. The summed E-state index contributed by atoms with van der Waals surface area (Å²) in [5.41, 5.74) is 0. The van der Waals surface area contributed by atoms with Crippen molar-refractivity contribution in [1.82, 2.24) is 5.32 Å². The number of aliphatic hydroxyl groups excluding tert-OH is 8. The van der Waals surface area contributed by atoms with Gasteiger partial charge in [-0.25, -0.2) is 0 Å². The predicted molar refractivity (Wildman–Crippen MR) is 396 cm³/mol. The van der Waals surface area contributed by atoms with Crippen LogP contribution in [0.3, 0.4) is 0 Å². The number of rotatable bonds is 64. The summed E-state index contributed by atoms with van der Waals surface area (Å²) in [5.74, 6) is -0.208. The lowest BCUT2D eigenvalue weighted by molar-refractivity contribution is -0.359. The summed E-state index contributed by atoms with van der Waals surface area (Å²) in [6, 6.07) is -0.836. The number of ether oxygens (including phenoxy) is 4. The minimum atomic E-state index is -1.79. The highest BCUT2D eigenvalue weighted by atomic mass is 16.7. The van der Waals surface area contributed by atoms with Gasteiger partial charge in [-0.2, -0.15) is 0 Å². The largest absolute Gasteiger partial charge is 0.394 e. The van der Waals surface area contributed by atoms with Crippen LogP contribution >= 0.6 is 0 Å². The van der Waals surface area contributed by atoms with Crippen LogP contribution in [-0.2, 0) is 23.7 Å². The Hall–Kier alpha value is -3.35. The number of hydrogen-bond donors (Lipinski definition) is 9. The molecule has 2 fully saturated rings. The van der Waals surface area contributed by atoms with Gasteiger partial charge in [0.2, 0.25) is 5.91 Å². The maximum Gasteiger partial charge on any atom is 0.220 e. The van der Waals surface area contributed by atoms with E-state index in [0.29, 0.717) is 12.8 Å². The smallest absolute Gasteiger partial charge is 0.220 e. The average Bonchev–Trinajstić information content (AvgIpc) is 0.807. The molecule has 554 valence electrons. The van der Waals surface area contributed by atoms with Crippen LogP contribution in [0.1, 0.15) is 309 Å². The average molecular weight is 1350 g/mol. The van der Waals surface area contributed by atoms with Crippen LogP contribution in [0.25, 0.3) is 0 Å². The van der Waals surface area contributed by atoms with E-state index in [1.807, 2.05) is 0 Å². The van der Waals surface area contributed by atoms with Gasteiger partial charge in [0, 0.05) is 6.42 Å². The van der Waals surface area contributed by atoms with Gasteiger partial charge in [0.15, 0.2) is 12.6 Å². The first-order valence-corrected chi connectivity index (χ1v) is 39.1. The van der Waals surface area contributed by atoms with Crippen LogP contribution in [-0.4, -0.2) is 140 Å². The number of allylic oxidation sites excluding steroid dienone is 18. The fraction of sp³-hybridized carbons (Fsp3) is 0.768. The number of unbranched alkanes of at least 4 members (excludes halogenated alkanes) is 33. The normalized spacial score (nSPS) is 22.9. The highest BCUT2D eigenvalue weighted by Crippen LogP contribution is 2.30. The molecule has 2 aliphatic heterocycles. The molecule has 0 aromatic carbocycles. The Morgan fingerprint density at radius 1 is 0.385 bits per heavy atom. The first-order valence-electron chi connectivity index (χ1n) is 39.1. The molecular weight excluding hydrogens is 1210 g/mol. The van der Waals surface area contributed by atoms with Crippen LogP contribution in [0.5, 0.6) is 0 Å². The van der Waals surface area contributed by atoms with Gasteiger partial charge in [-0.3, -0.25) is 4.79 Å². The van der Waals surface area contributed by atoms with E-state index >= 15 is 0 Å². The molecule has 96 heavy (non-hydrogen) atoms. The zero-order valence-electron chi connectivity index (χ0n) is 60.6. The second kappa shape index (κ2) is 65.0. The Kier molecular flexibility index (Phi) is 60.1. The number of carbonyl (C=O) groups excluding carboxylic acids is 1. The summed E-state index contributed by atoms with van der Waals surface area (Å²) in [6.07, 6.45) is 76.8. The molecule has 14 heteroatoms. The van der Waals surface area contributed by atoms with Crippen LogP contribution in [0.2, 0.25) is 0 Å². The van der Waals surface area contributed by atoms with E-state index in [1.54, 1.807) is 0 Å². The fourth-order valence-corrected chi connectivity index (χ4v) is 12.4. The van der Waals surface area contributed by atoms with Crippen molar-refractivity contribution in [1.29, 1.82) is 0 Å². The lowest BCUT2D eigenvalue weighted by Gasteiger charge is -2.46. The molecule has 0 spiro atoms. The van der Waals surface area contributed by atoms with E-state index in [4.69, 9.17) is 18.9 Å². The molecule has 2 aliphatic rings. The molecule has 0 aliphatic carbocycles. The Morgan fingerprint density at radius 3 is 1.10 bits per heavy atom. The SMILES string of the molecule is CC/C=C\C/C=C\C/C=C\C/C=C\C/C=C\C/C=C\C/C=C\C/C=C\C/C=C\CCCCCCCCCCCCCCCC(=O)NC(COC1OC(CO)C(OC2OC(CO)C(O)C(O)C2O)C(O)C1O)C(O)CCCCCCCCCCCCCCCCCCCCCCC. The highest BCUT2D eigenvalue weighted by Gasteiger charge is 2.51. The quantitative estimate of drug-likeness (QED) is 0.0204. The standard InChI is InChI=1S/C82H143NO13/c1-3-5-7-9-11-13-15-17-19-21-23-25-26-27-28-29-30-31-32-33-34-35-36-37-38-39-40-41-42-43-44-46-48-50-52-54-56-58-60-62-64-66-74(87)83-70(71(86)65-63-61-59-57-55-53-51-49-47-45-24-22-20-18-16-14-12-10-8-6-4-2)69-93-81-79(92)77(90)80(73(68-85)95-81)96-82-78(91)76(89)75(88)72(67-84)94-82/h5,7,11,13,17,19,23,25,27-28,30-31,33-34,36-37,39-40,70-73,75-82,84-86,88-92H,3-4,6,8-10,12,14-16,18,20-22,24,26,29,32,35,38,41-69H2,1-2H3,(H,83,87)/b7-5-,13-11-,19-17-,25-23-,28-27-,31-30-,34-33-,37-36-,40-39-. The molecule has 0 bridgehead atoms. The van der Waals surface area contributed by atoms with E-state index < -0.39 is 86.8 Å². The Labute approximate surface area is 585 Å². The van der Waals surface area contributed by atoms with Crippen molar-refractivity contribution < 1.29 is 64.6 Å². The minimum Gasteiger partial charge on any atom is -0.394 e.